The SMILES string of the molecule is Nc1ccnc2c1ccn2C1OC(COP(=O)(O)OP(=O)(O)OP(=O)(O)O)C(O)C1O. The highest BCUT2D eigenvalue weighted by molar-refractivity contribution is 7.66. The second kappa shape index (κ2) is 8.61. The van der Waals surface area contributed by atoms with Crippen molar-refractivity contribution < 1.29 is 61.4 Å². The average molecular weight is 505 g/mol. The second-order valence-corrected chi connectivity index (χ2v) is 10.7. The Balaban J connectivity index is 1.69. The van der Waals surface area contributed by atoms with Crippen LogP contribution in [0.4, 0.5) is 5.69 Å². The minimum atomic E-state index is -5.69. The molecule has 31 heavy (non-hydrogen) atoms. The lowest BCUT2D eigenvalue weighted by atomic mass is 10.1. The molecule has 1 aliphatic rings. The summed E-state index contributed by atoms with van der Waals surface area (Å²) in [5, 5.41) is 21.0. The summed E-state index contributed by atoms with van der Waals surface area (Å²) in [6.45, 7) is -0.923. The van der Waals surface area contributed by atoms with Gasteiger partial charge in [0.15, 0.2) is 6.23 Å². The fourth-order valence-electron chi connectivity index (χ4n) is 2.85. The van der Waals surface area contributed by atoms with Gasteiger partial charge in [-0.1, -0.05) is 0 Å². The lowest BCUT2D eigenvalue weighted by molar-refractivity contribution is -0.0500. The largest absolute Gasteiger partial charge is 0.490 e. The van der Waals surface area contributed by atoms with E-state index in [1.165, 1.54) is 17.0 Å². The molecule has 16 nitrogen and oxygen atoms in total. The van der Waals surface area contributed by atoms with Gasteiger partial charge in [-0.2, -0.15) is 8.62 Å². The van der Waals surface area contributed by atoms with E-state index in [-0.39, 0.29) is 0 Å². The van der Waals surface area contributed by atoms with Gasteiger partial charge in [-0.05, 0) is 12.1 Å². The first kappa shape index (κ1) is 24.4. The van der Waals surface area contributed by atoms with Crippen molar-refractivity contribution in [1.29, 1.82) is 0 Å². The highest BCUT2D eigenvalue weighted by atomic mass is 31.3. The fourth-order valence-corrected chi connectivity index (χ4v) is 5.88. The Morgan fingerprint density at radius 1 is 1.06 bits per heavy atom. The van der Waals surface area contributed by atoms with Crippen molar-refractivity contribution in [1.82, 2.24) is 9.55 Å². The number of rotatable bonds is 8. The molecular formula is C12H18N3O13P3. The zero-order valence-electron chi connectivity index (χ0n) is 15.2. The van der Waals surface area contributed by atoms with Gasteiger partial charge in [0.05, 0.1) is 6.61 Å². The number of nitrogen functional groups attached to an aromatic ring is 1. The number of fused-ring (bicyclic) bond motifs is 1. The van der Waals surface area contributed by atoms with Crippen molar-refractivity contribution in [2.75, 3.05) is 12.3 Å². The van der Waals surface area contributed by atoms with E-state index in [2.05, 4.69) is 18.1 Å². The van der Waals surface area contributed by atoms with E-state index in [9.17, 15) is 28.8 Å². The highest BCUT2D eigenvalue weighted by Gasteiger charge is 2.46. The summed E-state index contributed by atoms with van der Waals surface area (Å²) in [5.41, 5.74) is 6.57. The molecule has 0 bridgehead atoms. The summed E-state index contributed by atoms with van der Waals surface area (Å²) < 4.78 is 52.2. The quantitative estimate of drug-likeness (QED) is 0.225. The number of nitrogens with two attached hydrogens (primary N) is 1. The molecule has 3 heterocycles. The second-order valence-electron chi connectivity index (χ2n) is 6.29. The van der Waals surface area contributed by atoms with Crippen LogP contribution in [0.15, 0.2) is 24.5 Å². The van der Waals surface area contributed by atoms with Gasteiger partial charge in [-0.25, -0.2) is 18.7 Å². The maximum atomic E-state index is 11.8. The molecule has 0 amide bonds. The van der Waals surface area contributed by atoms with Crippen molar-refractivity contribution in [2.45, 2.75) is 24.5 Å². The molecule has 19 heteroatoms. The van der Waals surface area contributed by atoms with Crippen LogP contribution in [-0.2, 0) is 31.6 Å². The van der Waals surface area contributed by atoms with E-state index < -0.39 is 54.6 Å². The molecule has 3 rings (SSSR count). The molecule has 8 N–H and O–H groups in total. The summed E-state index contributed by atoms with van der Waals surface area (Å²) in [6.07, 6.45) is -2.87. The molecule has 6 atom stereocenters. The average Bonchev–Trinajstić information content (AvgIpc) is 3.13. The molecule has 174 valence electrons. The van der Waals surface area contributed by atoms with E-state index in [0.717, 1.165) is 0 Å². The zero-order valence-corrected chi connectivity index (χ0v) is 17.9. The minimum absolute atomic E-state index is 0.324. The van der Waals surface area contributed by atoms with E-state index in [0.29, 0.717) is 16.7 Å². The first-order valence-electron chi connectivity index (χ1n) is 8.20. The molecule has 1 fully saturated rings. The Labute approximate surface area is 173 Å². The summed E-state index contributed by atoms with van der Waals surface area (Å²) in [5.74, 6) is 0. The normalized spacial score (nSPS) is 28.5. The van der Waals surface area contributed by atoms with Crippen molar-refractivity contribution >= 4 is 40.2 Å². The lowest BCUT2D eigenvalue weighted by Gasteiger charge is -2.19. The predicted molar refractivity (Wildman–Crippen MR) is 99.9 cm³/mol. The fraction of sp³-hybridized carbons (Fsp3) is 0.417. The molecule has 2 aromatic heterocycles. The van der Waals surface area contributed by atoms with E-state index in [1.807, 2.05) is 0 Å². The first-order chi connectivity index (χ1) is 14.2. The Kier molecular flexibility index (Phi) is 6.79. The summed E-state index contributed by atoms with van der Waals surface area (Å²) in [7, 11) is -16.6. The van der Waals surface area contributed by atoms with Gasteiger partial charge in [0.25, 0.3) is 0 Å². The van der Waals surface area contributed by atoms with E-state index >= 15 is 0 Å². The van der Waals surface area contributed by atoms with Crippen LogP contribution in [0.3, 0.4) is 0 Å². The van der Waals surface area contributed by atoms with E-state index in [4.69, 9.17) is 25.2 Å². The third kappa shape index (κ3) is 5.78. The van der Waals surface area contributed by atoms with Crippen LogP contribution >= 0.6 is 23.5 Å². The van der Waals surface area contributed by atoms with Crippen LogP contribution in [0.1, 0.15) is 6.23 Å². The molecule has 2 aromatic rings. The predicted octanol–water partition coefficient (Wildman–Crippen LogP) is -0.419. The molecule has 0 aromatic carbocycles. The Morgan fingerprint density at radius 2 is 1.74 bits per heavy atom. The number of aliphatic hydroxyl groups is 2. The number of aliphatic hydroxyl groups excluding tert-OH is 2. The Morgan fingerprint density at radius 3 is 2.39 bits per heavy atom. The molecule has 1 aliphatic heterocycles. The molecule has 6 unspecified atom stereocenters. The first-order valence-corrected chi connectivity index (χ1v) is 12.7. The van der Waals surface area contributed by atoms with Crippen LogP contribution < -0.4 is 5.73 Å². The number of phosphoric acid groups is 3. The third-order valence-electron chi connectivity index (χ3n) is 4.08. The number of phosphoric ester groups is 1. The molecule has 0 spiro atoms. The van der Waals surface area contributed by atoms with Crippen LogP contribution in [-0.4, -0.2) is 64.3 Å². The van der Waals surface area contributed by atoms with Gasteiger partial charge in [0.1, 0.15) is 24.0 Å². The number of hydrogen-bond acceptors (Lipinski definition) is 11. The minimum Gasteiger partial charge on any atom is -0.398 e. The number of pyridine rings is 1. The van der Waals surface area contributed by atoms with Crippen LogP contribution in [0.5, 0.6) is 0 Å². The van der Waals surface area contributed by atoms with Crippen molar-refractivity contribution in [3.8, 4) is 0 Å². The van der Waals surface area contributed by atoms with Crippen LogP contribution in [0.25, 0.3) is 11.0 Å². The molecule has 0 aliphatic carbocycles. The number of anilines is 1. The molecular weight excluding hydrogens is 487 g/mol. The third-order valence-corrected chi connectivity index (χ3v) is 7.88. The van der Waals surface area contributed by atoms with Crippen molar-refractivity contribution in [3.63, 3.8) is 0 Å². The van der Waals surface area contributed by atoms with Gasteiger partial charge in [-0.15, -0.1) is 0 Å². The van der Waals surface area contributed by atoms with Crippen molar-refractivity contribution in [3.05, 3.63) is 24.5 Å². The number of ether oxygens (including phenoxy) is 1. The van der Waals surface area contributed by atoms with Gasteiger partial charge in [-0.3, -0.25) is 4.52 Å². The number of hydrogen-bond donors (Lipinski definition) is 7. The molecule has 1 saturated heterocycles. The summed E-state index contributed by atoms with van der Waals surface area (Å²) in [4.78, 5) is 39.7. The smallest absolute Gasteiger partial charge is 0.398 e. The number of aromatic nitrogens is 2. The Bertz CT molecular complexity index is 1100. The standard InChI is InChI=1S/C12H18N3O13P3/c13-7-1-3-14-11-6(7)2-4-15(11)12-10(17)9(16)8(26-12)5-25-30(21,22)28-31(23,24)27-29(18,19)20/h1-4,8-10,12,16-17H,5H2,(H2,13,14)(H,21,22)(H,23,24)(H2,18,19,20). The maximum absolute atomic E-state index is 11.8. The van der Waals surface area contributed by atoms with Gasteiger partial charge >= 0.3 is 23.5 Å². The zero-order chi connectivity index (χ0) is 23.2. The highest BCUT2D eigenvalue weighted by Crippen LogP contribution is 2.66. The topological polar surface area (TPSA) is 253 Å². The number of nitrogens with zero attached hydrogens (tertiary/aromatic N) is 2. The van der Waals surface area contributed by atoms with Crippen molar-refractivity contribution in [2.24, 2.45) is 0 Å². The molecule has 0 saturated carbocycles. The monoisotopic (exact) mass is 505 g/mol. The molecule has 0 radical (unpaired) electrons. The van der Waals surface area contributed by atoms with Crippen LogP contribution in [0, 0.1) is 0 Å². The van der Waals surface area contributed by atoms with Gasteiger partial charge < -0.3 is 44.8 Å². The Hall–Kier alpha value is -1.22. The lowest BCUT2D eigenvalue weighted by Crippen LogP contribution is -2.33. The summed E-state index contributed by atoms with van der Waals surface area (Å²) in [6, 6.07) is 3.15. The van der Waals surface area contributed by atoms with E-state index in [1.54, 1.807) is 12.1 Å². The van der Waals surface area contributed by atoms with Gasteiger partial charge in [0, 0.05) is 23.5 Å². The summed E-state index contributed by atoms with van der Waals surface area (Å²) >= 11 is 0. The van der Waals surface area contributed by atoms with Crippen LogP contribution in [0.2, 0.25) is 0 Å². The van der Waals surface area contributed by atoms with Gasteiger partial charge in [0.2, 0.25) is 0 Å². The maximum Gasteiger partial charge on any atom is 0.490 e.